The van der Waals surface area contributed by atoms with Crippen LogP contribution >= 0.6 is 0 Å². The van der Waals surface area contributed by atoms with Gasteiger partial charge in [0.2, 0.25) is 0 Å². The Morgan fingerprint density at radius 3 is 2.52 bits per heavy atom. The summed E-state index contributed by atoms with van der Waals surface area (Å²) in [5.41, 5.74) is 2.41. The Kier molecular flexibility index (Phi) is 3.87. The van der Waals surface area contributed by atoms with Crippen LogP contribution in [0.4, 0.5) is 0 Å². The summed E-state index contributed by atoms with van der Waals surface area (Å²) in [6.07, 6.45) is 6.47. The lowest BCUT2D eigenvalue weighted by Crippen LogP contribution is -2.05. The van der Waals surface area contributed by atoms with E-state index in [1.54, 1.807) is 18.5 Å². The van der Waals surface area contributed by atoms with Gasteiger partial charge in [0.15, 0.2) is 11.6 Å². The van der Waals surface area contributed by atoms with E-state index in [0.29, 0.717) is 18.0 Å². The fourth-order valence-corrected chi connectivity index (χ4v) is 2.07. The lowest BCUT2D eigenvalue weighted by atomic mass is 10.1. The van der Waals surface area contributed by atoms with Gasteiger partial charge in [-0.25, -0.2) is 9.79 Å². The first kappa shape index (κ1) is 13.2. The van der Waals surface area contributed by atoms with Gasteiger partial charge in [-0.2, -0.15) is 0 Å². The number of aromatic nitrogens is 1. The molecule has 0 fully saturated rings. The van der Waals surface area contributed by atoms with Gasteiger partial charge in [-0.3, -0.25) is 4.98 Å². The van der Waals surface area contributed by atoms with Crippen LogP contribution in [0.2, 0.25) is 0 Å². The summed E-state index contributed by atoms with van der Waals surface area (Å²) in [5.74, 6) is 0.0824. The number of aryl methyl sites for hydroxylation is 1. The molecule has 1 aliphatic rings. The maximum atomic E-state index is 11.8. The Bertz CT molecular complexity index is 691. The average molecular weight is 278 g/mol. The molecule has 4 nitrogen and oxygen atoms in total. The molecule has 4 heteroatoms. The highest BCUT2D eigenvalue weighted by atomic mass is 16.6. The van der Waals surface area contributed by atoms with Gasteiger partial charge < -0.3 is 4.74 Å². The topological polar surface area (TPSA) is 51.5 Å². The molecule has 1 aliphatic heterocycles. The molecule has 1 aromatic heterocycles. The van der Waals surface area contributed by atoms with E-state index in [1.807, 2.05) is 42.5 Å². The van der Waals surface area contributed by atoms with Gasteiger partial charge in [0, 0.05) is 18.8 Å². The van der Waals surface area contributed by atoms with Crippen molar-refractivity contribution >= 4 is 17.9 Å². The third-order valence-electron chi connectivity index (χ3n) is 3.14. The minimum Gasteiger partial charge on any atom is -0.407 e. The molecule has 3 rings (SSSR count). The number of hydrogen-bond donors (Lipinski definition) is 0. The SMILES string of the molecule is O=C1OC(CCc2ccccc2)=N/C1=C/c1ccncc1. The zero-order chi connectivity index (χ0) is 14.5. The Hall–Kier alpha value is -2.75. The summed E-state index contributed by atoms with van der Waals surface area (Å²) in [5, 5.41) is 0. The van der Waals surface area contributed by atoms with Crippen molar-refractivity contribution in [2.24, 2.45) is 4.99 Å². The summed E-state index contributed by atoms with van der Waals surface area (Å²) in [4.78, 5) is 20.0. The number of carbonyl (C=O) groups excluding carboxylic acids is 1. The van der Waals surface area contributed by atoms with Crippen LogP contribution in [0.15, 0.2) is 65.5 Å². The lowest BCUT2D eigenvalue weighted by molar-refractivity contribution is -0.130. The second kappa shape index (κ2) is 6.13. The summed E-state index contributed by atoms with van der Waals surface area (Å²) in [7, 11) is 0. The first-order chi connectivity index (χ1) is 10.3. The van der Waals surface area contributed by atoms with Crippen LogP contribution in [0.1, 0.15) is 17.5 Å². The Balaban J connectivity index is 1.69. The van der Waals surface area contributed by atoms with Gasteiger partial charge >= 0.3 is 5.97 Å². The molecule has 0 spiro atoms. The molecule has 0 saturated carbocycles. The molecule has 0 radical (unpaired) electrons. The molecular formula is C17H14N2O2. The molecule has 1 aromatic carbocycles. The molecule has 0 aliphatic carbocycles. The van der Waals surface area contributed by atoms with Crippen LogP contribution in [0.5, 0.6) is 0 Å². The second-order valence-corrected chi connectivity index (χ2v) is 4.69. The molecule has 0 N–H and O–H groups in total. The number of rotatable bonds is 4. The summed E-state index contributed by atoms with van der Waals surface area (Å²) >= 11 is 0. The van der Waals surface area contributed by atoms with E-state index in [4.69, 9.17) is 4.74 Å². The molecule has 0 unspecified atom stereocenters. The van der Waals surface area contributed by atoms with Gasteiger partial charge in [0.05, 0.1) is 0 Å². The molecule has 0 amide bonds. The van der Waals surface area contributed by atoms with Crippen molar-refractivity contribution in [1.82, 2.24) is 4.98 Å². The molecule has 0 atom stereocenters. The number of nitrogens with zero attached hydrogens (tertiary/aromatic N) is 2. The fraction of sp³-hybridized carbons (Fsp3) is 0.118. The number of hydrogen-bond acceptors (Lipinski definition) is 4. The van der Waals surface area contributed by atoms with Gasteiger partial charge in [0.1, 0.15) is 0 Å². The van der Waals surface area contributed by atoms with Crippen LogP contribution in [-0.4, -0.2) is 16.9 Å². The van der Waals surface area contributed by atoms with E-state index in [0.717, 1.165) is 12.0 Å². The predicted molar refractivity (Wildman–Crippen MR) is 80.5 cm³/mol. The number of benzene rings is 1. The minimum absolute atomic E-state index is 0.337. The van der Waals surface area contributed by atoms with Crippen LogP contribution in [0.25, 0.3) is 6.08 Å². The van der Waals surface area contributed by atoms with Crippen molar-refractivity contribution in [2.75, 3.05) is 0 Å². The molecule has 2 aromatic rings. The maximum absolute atomic E-state index is 11.8. The molecule has 2 heterocycles. The van der Waals surface area contributed by atoms with Crippen molar-refractivity contribution < 1.29 is 9.53 Å². The number of esters is 1. The third-order valence-corrected chi connectivity index (χ3v) is 3.14. The van der Waals surface area contributed by atoms with E-state index in [9.17, 15) is 4.79 Å². The normalized spacial score (nSPS) is 15.9. The molecule has 21 heavy (non-hydrogen) atoms. The highest BCUT2D eigenvalue weighted by molar-refractivity contribution is 6.07. The second-order valence-electron chi connectivity index (χ2n) is 4.69. The summed E-state index contributed by atoms with van der Waals surface area (Å²) < 4.78 is 5.20. The molecule has 0 saturated heterocycles. The zero-order valence-electron chi connectivity index (χ0n) is 11.4. The predicted octanol–water partition coefficient (Wildman–Crippen LogP) is 3.01. The fourth-order valence-electron chi connectivity index (χ4n) is 2.07. The largest absolute Gasteiger partial charge is 0.407 e. The third kappa shape index (κ3) is 3.42. The summed E-state index contributed by atoms with van der Waals surface area (Å²) in [6.45, 7) is 0. The maximum Gasteiger partial charge on any atom is 0.363 e. The molecule has 104 valence electrons. The van der Waals surface area contributed by atoms with Crippen LogP contribution in [0, 0.1) is 0 Å². The van der Waals surface area contributed by atoms with E-state index < -0.39 is 5.97 Å². The highest BCUT2D eigenvalue weighted by Crippen LogP contribution is 2.17. The van der Waals surface area contributed by atoms with Crippen molar-refractivity contribution in [3.8, 4) is 0 Å². The van der Waals surface area contributed by atoms with Crippen molar-refractivity contribution in [3.63, 3.8) is 0 Å². The van der Waals surface area contributed by atoms with Gasteiger partial charge in [0.25, 0.3) is 0 Å². The van der Waals surface area contributed by atoms with Crippen LogP contribution < -0.4 is 0 Å². The Morgan fingerprint density at radius 1 is 1.00 bits per heavy atom. The number of carbonyl (C=O) groups is 1. The minimum atomic E-state index is -0.394. The van der Waals surface area contributed by atoms with E-state index in [1.165, 1.54) is 5.56 Å². The van der Waals surface area contributed by atoms with Crippen molar-refractivity contribution in [1.29, 1.82) is 0 Å². The zero-order valence-corrected chi connectivity index (χ0v) is 11.4. The average Bonchev–Trinajstić information content (AvgIpc) is 2.87. The van der Waals surface area contributed by atoms with E-state index in [2.05, 4.69) is 9.98 Å². The number of cyclic esters (lactones) is 1. The Morgan fingerprint density at radius 2 is 1.76 bits per heavy atom. The van der Waals surface area contributed by atoms with E-state index in [-0.39, 0.29) is 0 Å². The number of pyridine rings is 1. The van der Waals surface area contributed by atoms with Crippen LogP contribution in [-0.2, 0) is 16.0 Å². The Labute approximate surface area is 122 Å². The molecular weight excluding hydrogens is 264 g/mol. The summed E-state index contributed by atoms with van der Waals surface area (Å²) in [6, 6.07) is 13.7. The first-order valence-corrected chi connectivity index (χ1v) is 6.77. The van der Waals surface area contributed by atoms with Gasteiger partial charge in [-0.15, -0.1) is 0 Å². The first-order valence-electron chi connectivity index (χ1n) is 6.77. The van der Waals surface area contributed by atoms with E-state index >= 15 is 0 Å². The number of aliphatic imine (C=N–C) groups is 1. The van der Waals surface area contributed by atoms with Crippen molar-refractivity contribution in [3.05, 3.63) is 71.7 Å². The standard InChI is InChI=1S/C17H14N2O2/c20-17-15(12-14-8-10-18-11-9-14)19-16(21-17)7-6-13-4-2-1-3-5-13/h1-5,8-12H,6-7H2/b15-12+. The van der Waals surface area contributed by atoms with Gasteiger partial charge in [-0.1, -0.05) is 30.3 Å². The lowest BCUT2D eigenvalue weighted by Gasteiger charge is -1.99. The smallest absolute Gasteiger partial charge is 0.363 e. The number of ether oxygens (including phenoxy) is 1. The molecule has 0 bridgehead atoms. The highest BCUT2D eigenvalue weighted by Gasteiger charge is 2.22. The van der Waals surface area contributed by atoms with Crippen molar-refractivity contribution in [2.45, 2.75) is 12.8 Å². The van der Waals surface area contributed by atoms with Gasteiger partial charge in [-0.05, 0) is 35.8 Å². The quantitative estimate of drug-likeness (QED) is 0.638. The van der Waals surface area contributed by atoms with Crippen LogP contribution in [0.3, 0.4) is 0 Å². The monoisotopic (exact) mass is 278 g/mol.